The SMILES string of the molecule is CN=C(NCCN(C)C1CCCC1)NC1CCc2nc(C(C)C)nn2C1.I. The molecule has 2 heterocycles. The molecule has 27 heavy (non-hydrogen) atoms. The number of nitrogens with zero attached hydrogens (tertiary/aromatic N) is 5. The number of likely N-dealkylation sites (N-methyl/N-ethyl adjacent to an activating group) is 1. The summed E-state index contributed by atoms with van der Waals surface area (Å²) in [5.74, 6) is 3.35. The van der Waals surface area contributed by atoms with Crippen LogP contribution < -0.4 is 10.6 Å². The van der Waals surface area contributed by atoms with Crippen molar-refractivity contribution >= 4 is 29.9 Å². The molecule has 154 valence electrons. The first-order valence-electron chi connectivity index (χ1n) is 10.2. The minimum absolute atomic E-state index is 0. The molecule has 1 aliphatic carbocycles. The highest BCUT2D eigenvalue weighted by atomic mass is 127. The summed E-state index contributed by atoms with van der Waals surface area (Å²) >= 11 is 0. The van der Waals surface area contributed by atoms with Gasteiger partial charge in [-0.05, 0) is 26.3 Å². The smallest absolute Gasteiger partial charge is 0.191 e. The van der Waals surface area contributed by atoms with Crippen molar-refractivity contribution in [3.05, 3.63) is 11.6 Å². The van der Waals surface area contributed by atoms with Crippen LogP contribution in [0.25, 0.3) is 0 Å². The van der Waals surface area contributed by atoms with Gasteiger partial charge in [-0.25, -0.2) is 9.67 Å². The van der Waals surface area contributed by atoms with Crippen molar-refractivity contribution < 1.29 is 0 Å². The molecule has 1 aromatic heterocycles. The highest BCUT2D eigenvalue weighted by Crippen LogP contribution is 2.21. The van der Waals surface area contributed by atoms with E-state index in [1.165, 1.54) is 25.7 Å². The van der Waals surface area contributed by atoms with E-state index in [9.17, 15) is 0 Å². The molecule has 2 N–H and O–H groups in total. The van der Waals surface area contributed by atoms with Crippen LogP contribution in [-0.2, 0) is 13.0 Å². The summed E-state index contributed by atoms with van der Waals surface area (Å²) in [5, 5.41) is 11.7. The van der Waals surface area contributed by atoms with Crippen molar-refractivity contribution in [3.8, 4) is 0 Å². The molecule has 1 aromatic rings. The predicted octanol–water partition coefficient (Wildman–Crippen LogP) is 2.37. The van der Waals surface area contributed by atoms with Gasteiger partial charge in [0.05, 0.1) is 6.54 Å². The number of nitrogens with one attached hydrogen (secondary N) is 2. The van der Waals surface area contributed by atoms with Gasteiger partial charge in [0.25, 0.3) is 0 Å². The Morgan fingerprint density at radius 3 is 2.70 bits per heavy atom. The lowest BCUT2D eigenvalue weighted by Crippen LogP contribution is -2.48. The molecule has 1 unspecified atom stereocenters. The lowest BCUT2D eigenvalue weighted by Gasteiger charge is -2.27. The Kier molecular flexibility index (Phi) is 8.78. The van der Waals surface area contributed by atoms with E-state index in [4.69, 9.17) is 0 Å². The van der Waals surface area contributed by atoms with E-state index in [-0.39, 0.29) is 24.0 Å². The molecular formula is C19H36IN7. The Balaban J connectivity index is 0.00000261. The molecule has 8 heteroatoms. The number of fused-ring (bicyclic) bond motifs is 1. The molecule has 2 aliphatic rings. The van der Waals surface area contributed by atoms with Crippen LogP contribution in [-0.4, -0.2) is 64.9 Å². The van der Waals surface area contributed by atoms with Crippen molar-refractivity contribution in [2.75, 3.05) is 27.2 Å². The average Bonchev–Trinajstić information content (AvgIpc) is 3.29. The molecule has 0 amide bonds. The number of aromatic nitrogens is 3. The summed E-state index contributed by atoms with van der Waals surface area (Å²) in [4.78, 5) is 11.5. The number of rotatable bonds is 6. The van der Waals surface area contributed by atoms with Crippen LogP contribution in [0.3, 0.4) is 0 Å². The zero-order chi connectivity index (χ0) is 18.5. The van der Waals surface area contributed by atoms with Crippen molar-refractivity contribution in [1.82, 2.24) is 30.3 Å². The largest absolute Gasteiger partial charge is 0.355 e. The number of hydrogen-bond donors (Lipinski definition) is 2. The predicted molar refractivity (Wildman–Crippen MR) is 121 cm³/mol. The van der Waals surface area contributed by atoms with Gasteiger partial charge < -0.3 is 15.5 Å². The topological polar surface area (TPSA) is 70.4 Å². The fourth-order valence-electron chi connectivity index (χ4n) is 3.96. The second-order valence-electron chi connectivity index (χ2n) is 8.02. The Hall–Kier alpha value is -0.900. The minimum atomic E-state index is 0. The molecular weight excluding hydrogens is 453 g/mol. The minimum Gasteiger partial charge on any atom is -0.355 e. The van der Waals surface area contributed by atoms with Crippen LogP contribution in [0.5, 0.6) is 0 Å². The van der Waals surface area contributed by atoms with Crippen molar-refractivity contribution in [1.29, 1.82) is 0 Å². The first-order valence-corrected chi connectivity index (χ1v) is 10.2. The fraction of sp³-hybridized carbons (Fsp3) is 0.842. The van der Waals surface area contributed by atoms with Gasteiger partial charge in [0, 0.05) is 44.6 Å². The highest BCUT2D eigenvalue weighted by Gasteiger charge is 2.23. The van der Waals surface area contributed by atoms with E-state index in [2.05, 4.69) is 56.2 Å². The molecule has 1 atom stereocenters. The van der Waals surface area contributed by atoms with Gasteiger partial charge in [0.15, 0.2) is 11.8 Å². The highest BCUT2D eigenvalue weighted by molar-refractivity contribution is 14.0. The maximum atomic E-state index is 4.66. The molecule has 0 saturated heterocycles. The van der Waals surface area contributed by atoms with Crippen LogP contribution in [0.2, 0.25) is 0 Å². The molecule has 0 bridgehead atoms. The van der Waals surface area contributed by atoms with Gasteiger partial charge in [0.2, 0.25) is 0 Å². The zero-order valence-corrected chi connectivity index (χ0v) is 19.6. The fourth-order valence-corrected chi connectivity index (χ4v) is 3.96. The van der Waals surface area contributed by atoms with E-state index < -0.39 is 0 Å². The lowest BCUT2D eigenvalue weighted by molar-refractivity contribution is 0.249. The van der Waals surface area contributed by atoms with E-state index in [0.29, 0.717) is 12.0 Å². The monoisotopic (exact) mass is 489 g/mol. The third kappa shape index (κ3) is 6.04. The first-order chi connectivity index (χ1) is 12.6. The van der Waals surface area contributed by atoms with E-state index in [1.807, 2.05) is 7.05 Å². The maximum Gasteiger partial charge on any atom is 0.191 e. The van der Waals surface area contributed by atoms with Gasteiger partial charge in [0.1, 0.15) is 5.82 Å². The Labute approximate surface area is 180 Å². The normalized spacial score (nSPS) is 20.7. The van der Waals surface area contributed by atoms with Crippen molar-refractivity contribution in [3.63, 3.8) is 0 Å². The lowest BCUT2D eigenvalue weighted by atomic mass is 10.1. The van der Waals surface area contributed by atoms with Crippen molar-refractivity contribution in [2.24, 2.45) is 4.99 Å². The molecule has 7 nitrogen and oxygen atoms in total. The van der Waals surface area contributed by atoms with Crippen LogP contribution in [0.4, 0.5) is 0 Å². The third-order valence-corrected chi connectivity index (χ3v) is 5.66. The molecule has 1 saturated carbocycles. The van der Waals surface area contributed by atoms with Gasteiger partial charge in [-0.2, -0.15) is 5.10 Å². The summed E-state index contributed by atoms with van der Waals surface area (Å²) in [5.41, 5.74) is 0. The van der Waals surface area contributed by atoms with E-state index in [1.54, 1.807) is 0 Å². The van der Waals surface area contributed by atoms with E-state index >= 15 is 0 Å². The maximum absolute atomic E-state index is 4.66. The first kappa shape index (κ1) is 22.4. The molecule has 1 aliphatic heterocycles. The number of hydrogen-bond acceptors (Lipinski definition) is 4. The van der Waals surface area contributed by atoms with Crippen LogP contribution in [0.1, 0.15) is 63.5 Å². The van der Waals surface area contributed by atoms with Crippen LogP contribution in [0, 0.1) is 0 Å². The quantitative estimate of drug-likeness (QED) is 0.365. The van der Waals surface area contributed by atoms with Gasteiger partial charge in [-0.15, -0.1) is 24.0 Å². The van der Waals surface area contributed by atoms with Crippen LogP contribution in [0.15, 0.2) is 4.99 Å². The summed E-state index contributed by atoms with van der Waals surface area (Å²) in [6.07, 6.45) is 7.51. The summed E-state index contributed by atoms with van der Waals surface area (Å²) < 4.78 is 2.07. The average molecular weight is 489 g/mol. The Morgan fingerprint density at radius 2 is 2.04 bits per heavy atom. The molecule has 3 rings (SSSR count). The van der Waals surface area contributed by atoms with Gasteiger partial charge >= 0.3 is 0 Å². The summed E-state index contributed by atoms with van der Waals surface area (Å²) in [6.45, 7) is 7.13. The van der Waals surface area contributed by atoms with Gasteiger partial charge in [-0.3, -0.25) is 4.99 Å². The number of guanidine groups is 1. The number of aryl methyl sites for hydroxylation is 1. The standard InChI is InChI=1S/C19H35N7.HI/c1-14(2)18-23-17-10-9-15(13-26(17)24-18)22-19(20-3)21-11-12-25(4)16-7-5-6-8-16;/h14-16H,5-13H2,1-4H3,(H2,20,21,22);1H. The zero-order valence-electron chi connectivity index (χ0n) is 17.2. The second-order valence-corrected chi connectivity index (χ2v) is 8.02. The summed E-state index contributed by atoms with van der Waals surface area (Å²) in [6, 6.07) is 1.12. The van der Waals surface area contributed by atoms with Crippen LogP contribution >= 0.6 is 24.0 Å². The Bertz CT molecular complexity index is 607. The number of aliphatic imine (C=N–C) groups is 1. The molecule has 0 aromatic carbocycles. The molecule has 0 spiro atoms. The van der Waals surface area contributed by atoms with Gasteiger partial charge in [-0.1, -0.05) is 26.7 Å². The molecule has 1 fully saturated rings. The summed E-state index contributed by atoms with van der Waals surface area (Å²) in [7, 11) is 4.09. The van der Waals surface area contributed by atoms with E-state index in [0.717, 1.165) is 56.1 Å². The number of halogens is 1. The third-order valence-electron chi connectivity index (χ3n) is 5.66. The Morgan fingerprint density at radius 1 is 1.30 bits per heavy atom. The second kappa shape index (κ2) is 10.6. The van der Waals surface area contributed by atoms with Crippen molar-refractivity contribution in [2.45, 2.75) is 76.9 Å². The molecule has 0 radical (unpaired) electrons.